The molecule has 0 atom stereocenters. The lowest BCUT2D eigenvalue weighted by atomic mass is 10.5. The fraction of sp³-hybridized carbons (Fsp3) is 0.750. The van der Waals surface area contributed by atoms with Crippen molar-refractivity contribution < 1.29 is 9.53 Å². The van der Waals surface area contributed by atoms with Gasteiger partial charge in [0.25, 0.3) is 0 Å². The number of carbonyl (C=O) groups excluding carboxylic acids is 1. The van der Waals surface area contributed by atoms with Gasteiger partial charge in [-0.15, -0.1) is 0 Å². The van der Waals surface area contributed by atoms with Crippen LogP contribution in [0.25, 0.3) is 0 Å². The monoisotopic (exact) mass is 243 g/mol. The van der Waals surface area contributed by atoms with E-state index >= 15 is 0 Å². The highest BCUT2D eigenvalue weighted by molar-refractivity contribution is 9.09. The zero-order valence-corrected chi connectivity index (χ0v) is 7.24. The molecule has 0 saturated heterocycles. The molecule has 0 aromatic rings. The van der Waals surface area contributed by atoms with Crippen LogP contribution in [0.5, 0.6) is 0 Å². The van der Waals surface area contributed by atoms with Gasteiger partial charge in [0, 0.05) is 10.7 Å². The molecule has 8 heavy (non-hydrogen) atoms. The van der Waals surface area contributed by atoms with Crippen molar-refractivity contribution in [2.75, 3.05) is 10.7 Å². The van der Waals surface area contributed by atoms with E-state index in [0.29, 0.717) is 10.7 Å². The van der Waals surface area contributed by atoms with E-state index in [9.17, 15) is 4.79 Å². The number of alkyl halides is 2. The second kappa shape index (κ2) is 5.56. The van der Waals surface area contributed by atoms with Gasteiger partial charge in [-0.1, -0.05) is 31.9 Å². The highest BCUT2D eigenvalue weighted by Crippen LogP contribution is 1.98. The lowest BCUT2D eigenvalue weighted by molar-refractivity contribution is 0.222. The lowest BCUT2D eigenvalue weighted by Crippen LogP contribution is -2.14. The van der Waals surface area contributed by atoms with Gasteiger partial charge in [0.2, 0.25) is 0 Å². The Morgan fingerprint density at radius 2 is 2.00 bits per heavy atom. The zero-order valence-electron chi connectivity index (χ0n) is 4.06. The summed E-state index contributed by atoms with van der Waals surface area (Å²) in [4.78, 5) is 9.54. The first-order chi connectivity index (χ1) is 3.85. The Hall–Kier alpha value is 0.430. The van der Waals surface area contributed by atoms with E-state index in [-0.39, 0.29) is 6.10 Å². The summed E-state index contributed by atoms with van der Waals surface area (Å²) in [5.74, 6) is 0. The van der Waals surface area contributed by atoms with Crippen LogP contribution in [0.3, 0.4) is 0 Å². The molecule has 0 spiro atoms. The molecule has 0 aromatic carbocycles. The maximum atomic E-state index is 9.54. The van der Waals surface area contributed by atoms with Gasteiger partial charge in [0.1, 0.15) is 6.10 Å². The summed E-state index contributed by atoms with van der Waals surface area (Å²) < 4.78 is 4.44. The number of halogens is 2. The first-order valence-corrected chi connectivity index (χ1v) is 4.24. The molecule has 0 bridgehead atoms. The molecule has 0 aliphatic rings. The minimum Gasteiger partial charge on any atom is -0.452 e. The molecule has 47 valence electrons. The molecule has 0 aliphatic heterocycles. The Kier molecular flexibility index (Phi) is 5.86. The van der Waals surface area contributed by atoms with Crippen LogP contribution in [0.2, 0.25) is 0 Å². The van der Waals surface area contributed by atoms with Crippen LogP contribution in [0.15, 0.2) is 0 Å². The molecular formula is C4H5Br2O2. The Balaban J connectivity index is 3.20. The summed E-state index contributed by atoms with van der Waals surface area (Å²) in [7, 11) is 0. The molecule has 0 amide bonds. The van der Waals surface area contributed by atoms with Gasteiger partial charge >= 0.3 is 6.47 Å². The van der Waals surface area contributed by atoms with Crippen molar-refractivity contribution in [3.05, 3.63) is 0 Å². The lowest BCUT2D eigenvalue weighted by Gasteiger charge is -2.04. The Bertz CT molecular complexity index is 63.1. The van der Waals surface area contributed by atoms with Gasteiger partial charge in [-0.2, -0.15) is 0 Å². The fourth-order valence-electron chi connectivity index (χ4n) is 0.172. The van der Waals surface area contributed by atoms with E-state index in [2.05, 4.69) is 36.6 Å². The number of hydrogen-bond acceptors (Lipinski definition) is 2. The summed E-state index contributed by atoms with van der Waals surface area (Å²) in [5, 5.41) is 1.29. The van der Waals surface area contributed by atoms with Crippen LogP contribution < -0.4 is 0 Å². The Labute approximate surface area is 64.8 Å². The molecule has 0 aromatic heterocycles. The van der Waals surface area contributed by atoms with Crippen LogP contribution in [0.1, 0.15) is 0 Å². The molecule has 0 N–H and O–H groups in total. The largest absolute Gasteiger partial charge is 0.452 e. The third kappa shape index (κ3) is 3.43. The van der Waals surface area contributed by atoms with E-state index in [4.69, 9.17) is 0 Å². The minimum atomic E-state index is -0.0903. The van der Waals surface area contributed by atoms with Crippen molar-refractivity contribution >= 4 is 38.3 Å². The zero-order chi connectivity index (χ0) is 6.41. The summed E-state index contributed by atoms with van der Waals surface area (Å²) >= 11 is 6.29. The van der Waals surface area contributed by atoms with Crippen LogP contribution in [0, 0.1) is 0 Å². The third-order valence-corrected chi connectivity index (χ3v) is 2.00. The predicted octanol–water partition coefficient (Wildman–Crippen LogP) is 1.23. The first kappa shape index (κ1) is 8.43. The van der Waals surface area contributed by atoms with Gasteiger partial charge in [0.05, 0.1) is 0 Å². The molecular weight excluding hydrogens is 240 g/mol. The molecule has 0 aliphatic carbocycles. The predicted molar refractivity (Wildman–Crippen MR) is 38.2 cm³/mol. The van der Waals surface area contributed by atoms with Gasteiger partial charge in [-0.25, -0.2) is 4.79 Å². The molecule has 2 nitrogen and oxygen atoms in total. The summed E-state index contributed by atoms with van der Waals surface area (Å²) in [6.07, 6.45) is -0.0903. The van der Waals surface area contributed by atoms with Crippen LogP contribution in [-0.4, -0.2) is 23.2 Å². The quantitative estimate of drug-likeness (QED) is 0.696. The SMILES string of the molecule is O=[C]OC(CBr)CBr. The van der Waals surface area contributed by atoms with Crippen molar-refractivity contribution in [3.63, 3.8) is 0 Å². The molecule has 4 heteroatoms. The summed E-state index contributed by atoms with van der Waals surface area (Å²) in [5.41, 5.74) is 0. The first-order valence-electron chi connectivity index (χ1n) is 1.99. The minimum absolute atomic E-state index is 0.0903. The maximum absolute atomic E-state index is 9.54. The second-order valence-electron chi connectivity index (χ2n) is 1.13. The van der Waals surface area contributed by atoms with Gasteiger partial charge in [-0.3, -0.25) is 0 Å². The normalized spacial score (nSPS) is 9.38. The highest BCUT2D eigenvalue weighted by Gasteiger charge is 2.02. The topological polar surface area (TPSA) is 26.3 Å². The summed E-state index contributed by atoms with van der Waals surface area (Å²) in [6, 6.07) is 0. The number of ether oxygens (including phenoxy) is 1. The molecule has 1 radical (unpaired) electrons. The maximum Gasteiger partial charge on any atom is 0.417 e. The van der Waals surface area contributed by atoms with E-state index in [1.807, 2.05) is 0 Å². The van der Waals surface area contributed by atoms with Crippen molar-refractivity contribution in [1.29, 1.82) is 0 Å². The van der Waals surface area contributed by atoms with Gasteiger partial charge in [-0.05, 0) is 0 Å². The summed E-state index contributed by atoms with van der Waals surface area (Å²) in [6.45, 7) is 1.36. The van der Waals surface area contributed by atoms with E-state index in [1.54, 1.807) is 0 Å². The van der Waals surface area contributed by atoms with Crippen molar-refractivity contribution in [2.45, 2.75) is 6.10 Å². The fourth-order valence-corrected chi connectivity index (χ4v) is 1.51. The Morgan fingerprint density at radius 1 is 1.50 bits per heavy atom. The van der Waals surface area contributed by atoms with Crippen LogP contribution >= 0.6 is 31.9 Å². The van der Waals surface area contributed by atoms with Crippen molar-refractivity contribution in [1.82, 2.24) is 0 Å². The van der Waals surface area contributed by atoms with Crippen molar-refractivity contribution in [2.24, 2.45) is 0 Å². The average molecular weight is 245 g/mol. The van der Waals surface area contributed by atoms with Gasteiger partial charge in [0.15, 0.2) is 0 Å². The molecule has 0 fully saturated rings. The van der Waals surface area contributed by atoms with Crippen LogP contribution in [-0.2, 0) is 9.53 Å². The van der Waals surface area contributed by atoms with E-state index in [1.165, 1.54) is 6.47 Å². The van der Waals surface area contributed by atoms with Crippen LogP contribution in [0.4, 0.5) is 0 Å². The van der Waals surface area contributed by atoms with Gasteiger partial charge < -0.3 is 4.74 Å². The Morgan fingerprint density at radius 3 is 2.12 bits per heavy atom. The third-order valence-electron chi connectivity index (χ3n) is 0.559. The molecule has 0 rings (SSSR count). The smallest absolute Gasteiger partial charge is 0.417 e. The molecule has 0 unspecified atom stereocenters. The highest BCUT2D eigenvalue weighted by atomic mass is 79.9. The molecule has 0 saturated carbocycles. The standard InChI is InChI=1S/C4H5Br2O2/c5-1-4(2-6)8-3-7/h4H,1-2H2. The molecule has 0 heterocycles. The number of rotatable bonds is 4. The average Bonchev–Trinajstić information content (AvgIpc) is 1.83. The second-order valence-corrected chi connectivity index (χ2v) is 2.43. The van der Waals surface area contributed by atoms with E-state index in [0.717, 1.165) is 0 Å². The van der Waals surface area contributed by atoms with Crippen molar-refractivity contribution in [3.8, 4) is 0 Å². The van der Waals surface area contributed by atoms with E-state index < -0.39 is 0 Å². The number of hydrogen-bond donors (Lipinski definition) is 0.